The van der Waals surface area contributed by atoms with Crippen LogP contribution in [0.2, 0.25) is 0 Å². The number of imide groups is 1. The van der Waals surface area contributed by atoms with Crippen molar-refractivity contribution in [1.29, 1.82) is 0 Å². The number of ether oxygens (including phenoxy) is 1. The van der Waals surface area contributed by atoms with Gasteiger partial charge in [0.05, 0.1) is 30.6 Å². The van der Waals surface area contributed by atoms with E-state index in [4.69, 9.17) is 16.3 Å². The zero-order valence-electron chi connectivity index (χ0n) is 9.94. The van der Waals surface area contributed by atoms with E-state index in [0.29, 0.717) is 23.4 Å². The number of carbonyl (C=O) groups excluding carboxylic acids is 2. The fourth-order valence-electron chi connectivity index (χ4n) is 1.83. The highest BCUT2D eigenvalue weighted by Gasteiger charge is 2.34. The minimum absolute atomic E-state index is 0.230. The topological polar surface area (TPSA) is 71.5 Å². The summed E-state index contributed by atoms with van der Waals surface area (Å²) >= 11 is 5.37. The Labute approximate surface area is 109 Å². The number of hydrazine groups is 1. The Morgan fingerprint density at radius 2 is 2.39 bits per heavy atom. The number of halogens is 1. The second-order valence-corrected chi connectivity index (χ2v) is 4.11. The van der Waals surface area contributed by atoms with E-state index < -0.39 is 11.3 Å². The van der Waals surface area contributed by atoms with Gasteiger partial charge in [-0.25, -0.2) is 5.43 Å². The van der Waals surface area contributed by atoms with Crippen molar-refractivity contribution in [2.45, 2.75) is 19.4 Å². The molecule has 96 valence electrons. The van der Waals surface area contributed by atoms with Crippen molar-refractivity contribution in [2.75, 3.05) is 7.11 Å². The third-order valence-electron chi connectivity index (χ3n) is 2.76. The SMILES string of the molecule is CCC1NN(C(=O)Cl)C(=O)c2cc(OC)cnc21. The van der Waals surface area contributed by atoms with E-state index in [1.54, 1.807) is 6.07 Å². The molecule has 2 rings (SSSR count). The van der Waals surface area contributed by atoms with Crippen LogP contribution in [-0.4, -0.2) is 28.4 Å². The molecule has 1 atom stereocenters. The lowest BCUT2D eigenvalue weighted by atomic mass is 10.0. The van der Waals surface area contributed by atoms with Crippen LogP contribution in [0.1, 0.15) is 35.4 Å². The Kier molecular flexibility index (Phi) is 3.49. The monoisotopic (exact) mass is 269 g/mol. The number of carbonyl (C=O) groups is 2. The van der Waals surface area contributed by atoms with E-state index in [2.05, 4.69) is 10.4 Å². The molecule has 0 radical (unpaired) electrons. The summed E-state index contributed by atoms with van der Waals surface area (Å²) in [6.07, 6.45) is 2.20. The van der Waals surface area contributed by atoms with E-state index in [1.807, 2.05) is 6.92 Å². The molecule has 0 saturated carbocycles. The van der Waals surface area contributed by atoms with Gasteiger partial charge in [-0.15, -0.1) is 0 Å². The summed E-state index contributed by atoms with van der Waals surface area (Å²) in [7, 11) is 1.48. The highest BCUT2D eigenvalue weighted by molar-refractivity contribution is 6.64. The number of fused-ring (bicyclic) bond motifs is 1. The first kappa shape index (κ1) is 12.8. The molecular weight excluding hydrogens is 258 g/mol. The van der Waals surface area contributed by atoms with E-state index in [-0.39, 0.29) is 6.04 Å². The number of hydrogen-bond acceptors (Lipinski definition) is 5. The maximum absolute atomic E-state index is 12.1. The molecule has 0 saturated heterocycles. The van der Waals surface area contributed by atoms with Gasteiger partial charge in [-0.1, -0.05) is 6.92 Å². The highest BCUT2D eigenvalue weighted by atomic mass is 35.5. The van der Waals surface area contributed by atoms with Crippen LogP contribution >= 0.6 is 11.6 Å². The van der Waals surface area contributed by atoms with Gasteiger partial charge >= 0.3 is 5.37 Å². The molecule has 0 fully saturated rings. The van der Waals surface area contributed by atoms with Crippen LogP contribution in [0.3, 0.4) is 0 Å². The second kappa shape index (κ2) is 4.91. The largest absolute Gasteiger partial charge is 0.495 e. The van der Waals surface area contributed by atoms with Crippen molar-refractivity contribution >= 4 is 22.9 Å². The molecule has 7 heteroatoms. The smallest absolute Gasteiger partial charge is 0.338 e. The molecule has 6 nitrogen and oxygen atoms in total. The summed E-state index contributed by atoms with van der Waals surface area (Å²) in [5.74, 6) is -0.0677. The Bertz CT molecular complexity index is 506. The van der Waals surface area contributed by atoms with E-state index in [1.165, 1.54) is 13.3 Å². The Balaban J connectivity index is 2.51. The summed E-state index contributed by atoms with van der Waals surface area (Å²) in [4.78, 5) is 27.4. The van der Waals surface area contributed by atoms with Crippen molar-refractivity contribution in [3.8, 4) is 5.75 Å². The fraction of sp³-hybridized carbons (Fsp3) is 0.364. The van der Waals surface area contributed by atoms with Crippen LogP contribution in [0.15, 0.2) is 12.3 Å². The van der Waals surface area contributed by atoms with Crippen molar-refractivity contribution < 1.29 is 14.3 Å². The number of aromatic nitrogens is 1. The number of methoxy groups -OCH3 is 1. The molecule has 1 unspecified atom stereocenters. The first-order chi connectivity index (χ1) is 8.58. The molecule has 1 aromatic rings. The normalized spacial score (nSPS) is 18.5. The first-order valence-electron chi connectivity index (χ1n) is 5.42. The number of rotatable bonds is 2. The van der Waals surface area contributed by atoms with Crippen LogP contribution in [0, 0.1) is 0 Å². The average Bonchev–Trinajstić information content (AvgIpc) is 2.38. The standard InChI is InChI=1S/C11H12ClN3O3/c1-3-8-9-7(4-6(18-2)5-13-9)10(16)15(14-8)11(12)17/h4-5,8,14H,3H2,1-2H3. The molecule has 1 N–H and O–H groups in total. The molecule has 1 aliphatic heterocycles. The molecular formula is C11H12ClN3O3. The summed E-state index contributed by atoms with van der Waals surface area (Å²) in [6, 6.07) is 1.33. The molecule has 0 spiro atoms. The van der Waals surface area contributed by atoms with Gasteiger partial charge in [0.25, 0.3) is 5.91 Å². The van der Waals surface area contributed by atoms with Crippen molar-refractivity contribution in [1.82, 2.24) is 15.4 Å². The van der Waals surface area contributed by atoms with Gasteiger partial charge in [-0.05, 0) is 24.1 Å². The van der Waals surface area contributed by atoms with Gasteiger partial charge in [-0.2, -0.15) is 5.01 Å². The molecule has 0 aliphatic carbocycles. The third-order valence-corrected chi connectivity index (χ3v) is 2.93. The predicted molar refractivity (Wildman–Crippen MR) is 64.4 cm³/mol. The van der Waals surface area contributed by atoms with Gasteiger partial charge in [-0.3, -0.25) is 14.6 Å². The zero-order chi connectivity index (χ0) is 13.3. The number of nitrogens with one attached hydrogen (secondary N) is 1. The van der Waals surface area contributed by atoms with Crippen molar-refractivity contribution in [3.05, 3.63) is 23.5 Å². The van der Waals surface area contributed by atoms with Crippen molar-refractivity contribution in [2.24, 2.45) is 0 Å². The van der Waals surface area contributed by atoms with E-state index >= 15 is 0 Å². The summed E-state index contributed by atoms with van der Waals surface area (Å²) in [6.45, 7) is 1.92. The van der Waals surface area contributed by atoms with Crippen LogP contribution < -0.4 is 10.2 Å². The molecule has 2 amide bonds. The zero-order valence-corrected chi connectivity index (χ0v) is 10.7. The van der Waals surface area contributed by atoms with Gasteiger partial charge < -0.3 is 4.74 Å². The van der Waals surface area contributed by atoms with Crippen LogP contribution in [0.5, 0.6) is 5.75 Å². The summed E-state index contributed by atoms with van der Waals surface area (Å²) in [5.41, 5.74) is 3.67. The number of hydrogen-bond donors (Lipinski definition) is 1. The highest BCUT2D eigenvalue weighted by Crippen LogP contribution is 2.28. The van der Waals surface area contributed by atoms with E-state index in [9.17, 15) is 9.59 Å². The maximum atomic E-state index is 12.1. The molecule has 1 aliphatic rings. The maximum Gasteiger partial charge on any atom is 0.338 e. The number of amides is 2. The van der Waals surface area contributed by atoms with Crippen LogP contribution in [0.25, 0.3) is 0 Å². The van der Waals surface area contributed by atoms with Gasteiger partial charge in [0.15, 0.2) is 0 Å². The van der Waals surface area contributed by atoms with Gasteiger partial charge in [0.2, 0.25) is 0 Å². The number of pyridine rings is 1. The molecule has 1 aromatic heterocycles. The fourth-order valence-corrected chi connectivity index (χ4v) is 1.95. The van der Waals surface area contributed by atoms with Crippen LogP contribution in [-0.2, 0) is 0 Å². The summed E-state index contributed by atoms with van der Waals surface area (Å²) < 4.78 is 5.02. The van der Waals surface area contributed by atoms with Gasteiger partial charge in [0.1, 0.15) is 5.75 Å². The Hall–Kier alpha value is -1.66. The Morgan fingerprint density at radius 3 is 2.94 bits per heavy atom. The minimum Gasteiger partial charge on any atom is -0.495 e. The quantitative estimate of drug-likeness (QED) is 0.655. The predicted octanol–water partition coefficient (Wildman–Crippen LogP) is 1.86. The first-order valence-corrected chi connectivity index (χ1v) is 5.80. The van der Waals surface area contributed by atoms with Crippen molar-refractivity contribution in [3.63, 3.8) is 0 Å². The second-order valence-electron chi connectivity index (χ2n) is 3.79. The molecule has 18 heavy (non-hydrogen) atoms. The number of nitrogens with zero attached hydrogens (tertiary/aromatic N) is 2. The van der Waals surface area contributed by atoms with Crippen LogP contribution in [0.4, 0.5) is 4.79 Å². The third kappa shape index (κ3) is 2.04. The average molecular weight is 270 g/mol. The van der Waals surface area contributed by atoms with Gasteiger partial charge in [0, 0.05) is 0 Å². The molecule has 2 heterocycles. The lowest BCUT2D eigenvalue weighted by molar-refractivity contribution is 0.0685. The van der Waals surface area contributed by atoms with E-state index in [0.717, 1.165) is 5.01 Å². The molecule has 0 aromatic carbocycles. The minimum atomic E-state index is -0.869. The summed E-state index contributed by atoms with van der Waals surface area (Å²) in [5, 5.41) is -0.0777. The Morgan fingerprint density at radius 1 is 1.67 bits per heavy atom. The lowest BCUT2D eigenvalue weighted by Crippen LogP contribution is -2.50. The molecule has 0 bridgehead atoms. The lowest BCUT2D eigenvalue weighted by Gasteiger charge is -2.31.